The van der Waals surface area contributed by atoms with Crippen LogP contribution in [0, 0.1) is 21.4 Å². The number of nitro benzene ring substituents is 1. The number of nitro groups is 1. The zero-order valence-electron chi connectivity index (χ0n) is 12.5. The average Bonchev–Trinajstić information content (AvgIpc) is 3.01. The Morgan fingerprint density at radius 2 is 2.35 bits per heavy atom. The molecule has 0 bridgehead atoms. The van der Waals surface area contributed by atoms with Crippen LogP contribution in [0.4, 0.5) is 11.4 Å². The molecule has 1 aromatic heterocycles. The largest absolute Gasteiger partial charge is 0.370 e. The van der Waals surface area contributed by atoms with Gasteiger partial charge in [0.05, 0.1) is 17.7 Å². The zero-order chi connectivity index (χ0) is 16.4. The first-order chi connectivity index (χ1) is 11.1. The lowest BCUT2D eigenvalue weighted by Crippen LogP contribution is -2.38. The lowest BCUT2D eigenvalue weighted by atomic mass is 10.1. The molecule has 0 N–H and O–H groups in total. The summed E-state index contributed by atoms with van der Waals surface area (Å²) in [6.45, 7) is 1.81. The van der Waals surface area contributed by atoms with E-state index in [2.05, 4.69) is 10.00 Å². The van der Waals surface area contributed by atoms with Crippen molar-refractivity contribution in [3.05, 3.63) is 51.8 Å². The number of hydrogen-bond acceptors (Lipinski definition) is 6. The summed E-state index contributed by atoms with van der Waals surface area (Å²) in [5.74, 6) is 0. The minimum absolute atomic E-state index is 0.0666. The van der Waals surface area contributed by atoms with Crippen LogP contribution in [0.5, 0.6) is 0 Å². The molecule has 0 radical (unpaired) electrons. The summed E-state index contributed by atoms with van der Waals surface area (Å²) in [6, 6.07) is 6.50. The van der Waals surface area contributed by atoms with Crippen LogP contribution in [0.25, 0.3) is 0 Å². The summed E-state index contributed by atoms with van der Waals surface area (Å²) < 4.78 is 7.50. The van der Waals surface area contributed by atoms with E-state index >= 15 is 0 Å². The molecule has 1 aliphatic heterocycles. The van der Waals surface area contributed by atoms with Crippen molar-refractivity contribution in [3.8, 4) is 6.07 Å². The minimum Gasteiger partial charge on any atom is -0.370 e. The third-order valence-electron chi connectivity index (χ3n) is 3.83. The summed E-state index contributed by atoms with van der Waals surface area (Å²) in [6.07, 6.45) is 3.56. The van der Waals surface area contributed by atoms with Gasteiger partial charge < -0.3 is 9.64 Å². The van der Waals surface area contributed by atoms with Crippen molar-refractivity contribution < 1.29 is 9.66 Å². The molecule has 23 heavy (non-hydrogen) atoms. The summed E-state index contributed by atoms with van der Waals surface area (Å²) in [5, 5.41) is 24.2. The normalized spacial score (nSPS) is 17.7. The molecule has 118 valence electrons. The van der Waals surface area contributed by atoms with Gasteiger partial charge in [-0.1, -0.05) is 0 Å². The van der Waals surface area contributed by atoms with Crippen LogP contribution in [0.2, 0.25) is 0 Å². The molecule has 8 nitrogen and oxygen atoms in total. The zero-order valence-corrected chi connectivity index (χ0v) is 12.5. The predicted octanol–water partition coefficient (Wildman–Crippen LogP) is 1.78. The number of hydrogen-bond donors (Lipinski definition) is 0. The van der Waals surface area contributed by atoms with Gasteiger partial charge >= 0.3 is 0 Å². The molecule has 8 heteroatoms. The fraction of sp³-hybridized carbons (Fsp3) is 0.333. The molecule has 1 fully saturated rings. The molecule has 0 saturated carbocycles. The Bertz CT molecular complexity index is 780. The van der Waals surface area contributed by atoms with Crippen molar-refractivity contribution in [2.45, 2.75) is 6.10 Å². The smallest absolute Gasteiger partial charge is 0.287 e. The van der Waals surface area contributed by atoms with Crippen LogP contribution in [-0.2, 0) is 11.8 Å². The van der Waals surface area contributed by atoms with Crippen LogP contribution in [0.1, 0.15) is 17.2 Å². The lowest BCUT2D eigenvalue weighted by Gasteiger charge is -2.34. The molecule has 3 rings (SSSR count). The van der Waals surface area contributed by atoms with Gasteiger partial charge in [-0.05, 0) is 12.1 Å². The molecule has 0 unspecified atom stereocenters. The molecule has 0 amide bonds. The number of morpholine rings is 1. The van der Waals surface area contributed by atoms with E-state index in [1.807, 2.05) is 19.3 Å². The second-order valence-electron chi connectivity index (χ2n) is 5.32. The van der Waals surface area contributed by atoms with E-state index in [-0.39, 0.29) is 17.4 Å². The van der Waals surface area contributed by atoms with Gasteiger partial charge in [-0.15, -0.1) is 0 Å². The number of aryl methyl sites for hydroxylation is 1. The summed E-state index contributed by atoms with van der Waals surface area (Å²) >= 11 is 0. The Morgan fingerprint density at radius 1 is 1.52 bits per heavy atom. The first kappa shape index (κ1) is 15.0. The van der Waals surface area contributed by atoms with Crippen molar-refractivity contribution in [1.29, 1.82) is 5.26 Å². The molecule has 1 atom stereocenters. The Hall–Kier alpha value is -2.92. The fourth-order valence-electron chi connectivity index (χ4n) is 2.66. The van der Waals surface area contributed by atoms with Crippen molar-refractivity contribution in [2.24, 2.45) is 7.05 Å². The highest BCUT2D eigenvalue weighted by atomic mass is 16.6. The van der Waals surface area contributed by atoms with Crippen LogP contribution >= 0.6 is 0 Å². The molecular weight excluding hydrogens is 298 g/mol. The highest BCUT2D eigenvalue weighted by molar-refractivity contribution is 5.60. The highest BCUT2D eigenvalue weighted by Gasteiger charge is 2.24. The number of anilines is 1. The maximum Gasteiger partial charge on any atom is 0.287 e. The molecule has 1 saturated heterocycles. The van der Waals surface area contributed by atoms with Crippen molar-refractivity contribution in [2.75, 3.05) is 24.6 Å². The molecule has 0 aliphatic carbocycles. The van der Waals surface area contributed by atoms with E-state index in [0.717, 1.165) is 11.3 Å². The van der Waals surface area contributed by atoms with Crippen molar-refractivity contribution in [3.63, 3.8) is 0 Å². The van der Waals surface area contributed by atoms with Gasteiger partial charge in [0.1, 0.15) is 17.7 Å². The van der Waals surface area contributed by atoms with Gasteiger partial charge in [0, 0.05) is 43.7 Å². The Kier molecular flexibility index (Phi) is 3.95. The maximum atomic E-state index is 10.9. The number of aromatic nitrogens is 2. The second kappa shape index (κ2) is 6.06. The molecule has 2 heterocycles. The van der Waals surface area contributed by atoms with Gasteiger partial charge in [-0.2, -0.15) is 10.4 Å². The van der Waals surface area contributed by atoms with E-state index in [0.29, 0.717) is 19.7 Å². The fourth-order valence-corrected chi connectivity index (χ4v) is 2.66. The second-order valence-corrected chi connectivity index (χ2v) is 5.32. The van der Waals surface area contributed by atoms with Gasteiger partial charge in [0.15, 0.2) is 0 Å². The molecule has 1 aliphatic rings. The third kappa shape index (κ3) is 3.00. The van der Waals surface area contributed by atoms with Gasteiger partial charge in [-0.3, -0.25) is 14.8 Å². The van der Waals surface area contributed by atoms with Crippen LogP contribution in [0.3, 0.4) is 0 Å². The molecule has 2 aromatic rings. The first-order valence-corrected chi connectivity index (χ1v) is 7.12. The summed E-state index contributed by atoms with van der Waals surface area (Å²) in [5.41, 5.74) is 1.66. The highest BCUT2D eigenvalue weighted by Crippen LogP contribution is 2.29. The van der Waals surface area contributed by atoms with E-state index in [1.54, 1.807) is 23.0 Å². The summed E-state index contributed by atoms with van der Waals surface area (Å²) in [4.78, 5) is 12.4. The molecular formula is C15H15N5O3. The Labute approximate surface area is 132 Å². The van der Waals surface area contributed by atoms with E-state index in [1.165, 1.54) is 6.07 Å². The predicted molar refractivity (Wildman–Crippen MR) is 81.9 cm³/mol. The quantitative estimate of drug-likeness (QED) is 0.633. The van der Waals surface area contributed by atoms with Gasteiger partial charge in [-0.25, -0.2) is 0 Å². The van der Waals surface area contributed by atoms with Crippen molar-refractivity contribution in [1.82, 2.24) is 9.78 Å². The molecule has 0 spiro atoms. The van der Waals surface area contributed by atoms with E-state index in [9.17, 15) is 10.1 Å². The lowest BCUT2D eigenvalue weighted by molar-refractivity contribution is -0.385. The number of nitriles is 1. The van der Waals surface area contributed by atoms with Gasteiger partial charge in [0.2, 0.25) is 0 Å². The topological polar surface area (TPSA) is 97.2 Å². The maximum absolute atomic E-state index is 10.9. The van der Waals surface area contributed by atoms with Crippen LogP contribution < -0.4 is 4.90 Å². The van der Waals surface area contributed by atoms with Crippen molar-refractivity contribution >= 4 is 11.4 Å². The summed E-state index contributed by atoms with van der Waals surface area (Å²) in [7, 11) is 1.85. The number of nitrogens with zero attached hydrogens (tertiary/aromatic N) is 5. The Morgan fingerprint density at radius 3 is 3.00 bits per heavy atom. The number of rotatable bonds is 3. The number of ether oxygens (including phenoxy) is 1. The van der Waals surface area contributed by atoms with E-state index < -0.39 is 4.92 Å². The van der Waals surface area contributed by atoms with Crippen LogP contribution in [0.15, 0.2) is 30.6 Å². The monoisotopic (exact) mass is 313 g/mol. The SMILES string of the molecule is Cn1cc([C@H]2CN(c3ccc([N+](=O)[O-])c(C#N)c3)CCO2)cn1. The standard InChI is InChI=1S/C15H15N5O3/c1-18-9-12(8-17-18)15-10-19(4-5-23-15)13-2-3-14(20(21)22)11(6-13)7-16/h2-3,6,8-9,15H,4-5,10H2,1H3/t15-/m1/s1. The molecule has 1 aromatic carbocycles. The average molecular weight is 313 g/mol. The van der Waals surface area contributed by atoms with E-state index in [4.69, 9.17) is 10.00 Å². The third-order valence-corrected chi connectivity index (χ3v) is 3.83. The minimum atomic E-state index is -0.542. The Balaban J connectivity index is 1.84. The van der Waals surface area contributed by atoms with Crippen LogP contribution in [-0.4, -0.2) is 34.4 Å². The first-order valence-electron chi connectivity index (χ1n) is 7.12. The van der Waals surface area contributed by atoms with Gasteiger partial charge in [0.25, 0.3) is 5.69 Å². The number of benzene rings is 1.